The average Bonchev–Trinajstić information content (AvgIpc) is 2.87. The molecule has 1 N–H and O–H groups in total. The molecular formula is C26H29BrO7. The Hall–Kier alpha value is -3.10. The van der Waals surface area contributed by atoms with Crippen molar-refractivity contribution in [3.8, 4) is 34.5 Å². The van der Waals surface area contributed by atoms with Crippen molar-refractivity contribution in [1.29, 1.82) is 0 Å². The van der Waals surface area contributed by atoms with Gasteiger partial charge in [-0.1, -0.05) is 46.3 Å². The number of aliphatic hydroxyl groups is 1. The van der Waals surface area contributed by atoms with Gasteiger partial charge in [0.05, 0.1) is 28.4 Å². The molecule has 182 valence electrons. The number of rotatable bonds is 11. The third-order valence-corrected chi connectivity index (χ3v) is 5.68. The molecule has 0 radical (unpaired) electrons. The summed E-state index contributed by atoms with van der Waals surface area (Å²) in [6.07, 6.45) is -1.68. The third-order valence-electron chi connectivity index (χ3n) is 5.22. The van der Waals surface area contributed by atoms with Crippen LogP contribution < -0.4 is 28.4 Å². The molecule has 0 bridgehead atoms. The van der Waals surface area contributed by atoms with E-state index in [9.17, 15) is 5.11 Å². The van der Waals surface area contributed by atoms with Crippen LogP contribution in [0, 0.1) is 0 Å². The van der Waals surface area contributed by atoms with Crippen molar-refractivity contribution in [2.24, 2.45) is 0 Å². The van der Waals surface area contributed by atoms with E-state index in [1.165, 1.54) is 21.3 Å². The largest absolute Gasteiger partial charge is 0.493 e. The summed E-state index contributed by atoms with van der Waals surface area (Å²) in [5.74, 6) is 2.68. The number of hydrogen-bond acceptors (Lipinski definition) is 7. The second-order valence-corrected chi connectivity index (χ2v) is 8.35. The lowest BCUT2D eigenvalue weighted by molar-refractivity contribution is 0.0425. The van der Waals surface area contributed by atoms with Gasteiger partial charge in [-0.25, -0.2) is 0 Å². The Morgan fingerprint density at radius 3 is 1.88 bits per heavy atom. The van der Waals surface area contributed by atoms with Crippen molar-refractivity contribution in [2.45, 2.75) is 25.7 Å². The molecule has 0 heterocycles. The summed E-state index contributed by atoms with van der Waals surface area (Å²) in [7, 11) is 6.13. The standard InChI is InChI=1S/C26H29BrO7/c1-16(24(28)18-11-20(29-2)25(32-5)21(12-18)30-3)34-26-22(31-4)13-19(27)14-23(26)33-15-17-9-7-6-8-10-17/h6-14,16,24,28H,15H2,1-5H3/t16-,24-/m0/s1. The maximum absolute atomic E-state index is 11.1. The first-order valence-electron chi connectivity index (χ1n) is 10.6. The molecule has 0 spiro atoms. The molecule has 0 amide bonds. The lowest BCUT2D eigenvalue weighted by atomic mass is 10.0. The minimum atomic E-state index is -1.01. The molecule has 7 nitrogen and oxygen atoms in total. The minimum Gasteiger partial charge on any atom is -0.493 e. The smallest absolute Gasteiger partial charge is 0.204 e. The molecule has 3 aromatic carbocycles. The zero-order valence-electron chi connectivity index (χ0n) is 19.8. The second-order valence-electron chi connectivity index (χ2n) is 7.44. The van der Waals surface area contributed by atoms with Crippen molar-refractivity contribution in [3.63, 3.8) is 0 Å². The van der Waals surface area contributed by atoms with Crippen LogP contribution in [0.2, 0.25) is 0 Å². The van der Waals surface area contributed by atoms with Crippen LogP contribution >= 0.6 is 15.9 Å². The fraction of sp³-hybridized carbons (Fsp3) is 0.308. The minimum absolute atomic E-state index is 0.348. The van der Waals surface area contributed by atoms with E-state index in [2.05, 4.69) is 15.9 Å². The van der Waals surface area contributed by atoms with Crippen LogP contribution in [0.4, 0.5) is 0 Å². The highest BCUT2D eigenvalue weighted by molar-refractivity contribution is 9.10. The van der Waals surface area contributed by atoms with Crippen LogP contribution in [-0.4, -0.2) is 39.6 Å². The second kappa shape index (κ2) is 11.9. The molecule has 0 saturated heterocycles. The van der Waals surface area contributed by atoms with E-state index in [4.69, 9.17) is 28.4 Å². The van der Waals surface area contributed by atoms with Crippen LogP contribution in [-0.2, 0) is 6.61 Å². The normalized spacial score (nSPS) is 12.4. The molecule has 0 aliphatic rings. The molecule has 0 aromatic heterocycles. The van der Waals surface area contributed by atoms with Crippen molar-refractivity contribution >= 4 is 15.9 Å². The van der Waals surface area contributed by atoms with Crippen LogP contribution in [0.5, 0.6) is 34.5 Å². The number of halogens is 1. The van der Waals surface area contributed by atoms with E-state index in [-0.39, 0.29) is 0 Å². The van der Waals surface area contributed by atoms with E-state index in [1.807, 2.05) is 30.3 Å². The third kappa shape index (κ3) is 5.87. The lowest BCUT2D eigenvalue weighted by Gasteiger charge is -2.25. The van der Waals surface area contributed by atoms with Gasteiger partial charge in [-0.05, 0) is 42.3 Å². The quantitative estimate of drug-likeness (QED) is 0.346. The maximum Gasteiger partial charge on any atom is 0.204 e. The first kappa shape index (κ1) is 25.5. The van der Waals surface area contributed by atoms with Gasteiger partial charge in [0.1, 0.15) is 18.8 Å². The molecule has 0 saturated carbocycles. The van der Waals surface area contributed by atoms with Crippen LogP contribution in [0.25, 0.3) is 0 Å². The molecule has 3 rings (SSSR count). The molecule has 0 fully saturated rings. The van der Waals surface area contributed by atoms with Crippen LogP contribution in [0.3, 0.4) is 0 Å². The summed E-state index contributed by atoms with van der Waals surface area (Å²) in [6, 6.07) is 16.8. The molecular weight excluding hydrogens is 504 g/mol. The molecule has 8 heteroatoms. The lowest BCUT2D eigenvalue weighted by Crippen LogP contribution is -2.22. The van der Waals surface area contributed by atoms with Crippen molar-refractivity contribution in [1.82, 2.24) is 0 Å². The van der Waals surface area contributed by atoms with E-state index >= 15 is 0 Å². The predicted molar refractivity (Wildman–Crippen MR) is 133 cm³/mol. The van der Waals surface area contributed by atoms with Gasteiger partial charge in [-0.2, -0.15) is 0 Å². The molecule has 0 unspecified atom stereocenters. The first-order chi connectivity index (χ1) is 16.4. The Morgan fingerprint density at radius 1 is 0.765 bits per heavy atom. The van der Waals surface area contributed by atoms with E-state index in [0.717, 1.165) is 10.0 Å². The predicted octanol–water partition coefficient (Wildman–Crippen LogP) is 5.56. The monoisotopic (exact) mass is 532 g/mol. The Kier molecular flexibility index (Phi) is 8.90. The van der Waals surface area contributed by atoms with E-state index < -0.39 is 12.2 Å². The Balaban J connectivity index is 1.89. The van der Waals surface area contributed by atoms with Gasteiger partial charge in [0.15, 0.2) is 23.0 Å². The topological polar surface area (TPSA) is 75.6 Å². The zero-order chi connectivity index (χ0) is 24.7. The summed E-state index contributed by atoms with van der Waals surface area (Å²) >= 11 is 3.49. The molecule has 0 aliphatic carbocycles. The highest BCUT2D eigenvalue weighted by atomic mass is 79.9. The van der Waals surface area contributed by atoms with Gasteiger partial charge in [0.2, 0.25) is 11.5 Å². The van der Waals surface area contributed by atoms with Gasteiger partial charge in [-0.15, -0.1) is 0 Å². The van der Waals surface area contributed by atoms with Crippen molar-refractivity contribution in [2.75, 3.05) is 28.4 Å². The van der Waals surface area contributed by atoms with Gasteiger partial charge in [0.25, 0.3) is 0 Å². The SMILES string of the molecule is COc1cc([C@@H](O)[C@H](C)Oc2c(OC)cc(Br)cc2OCc2ccccc2)cc(OC)c1OC. The fourth-order valence-corrected chi connectivity index (χ4v) is 3.86. The number of aliphatic hydroxyl groups excluding tert-OH is 1. The summed E-state index contributed by atoms with van der Waals surface area (Å²) in [5, 5.41) is 11.1. The van der Waals surface area contributed by atoms with Gasteiger partial charge < -0.3 is 33.5 Å². The number of benzene rings is 3. The molecule has 34 heavy (non-hydrogen) atoms. The average molecular weight is 533 g/mol. The van der Waals surface area contributed by atoms with Crippen LogP contribution in [0.1, 0.15) is 24.2 Å². The molecule has 2 atom stereocenters. The van der Waals surface area contributed by atoms with Crippen molar-refractivity contribution < 1.29 is 33.5 Å². The highest BCUT2D eigenvalue weighted by Crippen LogP contribution is 2.44. The summed E-state index contributed by atoms with van der Waals surface area (Å²) in [5.41, 5.74) is 1.56. The van der Waals surface area contributed by atoms with Crippen molar-refractivity contribution in [3.05, 3.63) is 70.2 Å². The van der Waals surface area contributed by atoms with Gasteiger partial charge in [-0.3, -0.25) is 0 Å². The molecule has 3 aromatic rings. The van der Waals surface area contributed by atoms with E-state index in [1.54, 1.807) is 38.3 Å². The first-order valence-corrected chi connectivity index (χ1v) is 11.4. The Labute approximate surface area is 208 Å². The number of ether oxygens (including phenoxy) is 6. The van der Waals surface area contributed by atoms with Gasteiger partial charge >= 0.3 is 0 Å². The summed E-state index contributed by atoms with van der Waals surface area (Å²) in [6.45, 7) is 2.11. The molecule has 0 aliphatic heterocycles. The number of hydrogen-bond donors (Lipinski definition) is 1. The zero-order valence-corrected chi connectivity index (χ0v) is 21.4. The highest BCUT2D eigenvalue weighted by Gasteiger charge is 2.25. The summed E-state index contributed by atoms with van der Waals surface area (Å²) in [4.78, 5) is 0. The van der Waals surface area contributed by atoms with Gasteiger partial charge in [0, 0.05) is 4.47 Å². The fourth-order valence-electron chi connectivity index (χ4n) is 3.45. The summed E-state index contributed by atoms with van der Waals surface area (Å²) < 4.78 is 34.8. The maximum atomic E-state index is 11.1. The van der Waals surface area contributed by atoms with Crippen LogP contribution in [0.15, 0.2) is 59.1 Å². The van der Waals surface area contributed by atoms with E-state index in [0.29, 0.717) is 46.7 Å². The Bertz CT molecular complexity index is 1060. The number of methoxy groups -OCH3 is 4. The Morgan fingerprint density at radius 2 is 1.32 bits per heavy atom.